The molecule has 0 bridgehead atoms. The number of aliphatic hydroxyl groups is 1. The Bertz CT molecular complexity index is 706. The van der Waals surface area contributed by atoms with Gasteiger partial charge in [0.2, 0.25) is 5.89 Å². The van der Waals surface area contributed by atoms with Crippen LogP contribution in [0, 0.1) is 0 Å². The number of oxazole rings is 1. The molecule has 1 aromatic heterocycles. The lowest BCUT2D eigenvalue weighted by Crippen LogP contribution is -1.81. The molecule has 1 N–H and O–H groups in total. The fourth-order valence-electron chi connectivity index (χ4n) is 1.82. The largest absolute Gasteiger partial charge is 0.436 e. The van der Waals surface area contributed by atoms with E-state index in [0.29, 0.717) is 16.5 Å². The maximum absolute atomic E-state index is 9.08. The highest BCUT2D eigenvalue weighted by Crippen LogP contribution is 2.26. The highest BCUT2D eigenvalue weighted by molar-refractivity contribution is 6.30. The second kappa shape index (κ2) is 4.44. The van der Waals surface area contributed by atoms with Crippen LogP contribution in [0.15, 0.2) is 46.9 Å². The Hall–Kier alpha value is -1.84. The van der Waals surface area contributed by atoms with Crippen LogP contribution in [0.2, 0.25) is 5.02 Å². The molecule has 0 atom stereocenters. The zero-order chi connectivity index (χ0) is 12.5. The van der Waals surface area contributed by atoms with Crippen LogP contribution in [0.4, 0.5) is 0 Å². The van der Waals surface area contributed by atoms with Gasteiger partial charge in [0.1, 0.15) is 5.52 Å². The van der Waals surface area contributed by atoms with E-state index in [0.717, 1.165) is 16.6 Å². The lowest BCUT2D eigenvalue weighted by Gasteiger charge is -1.94. The van der Waals surface area contributed by atoms with E-state index in [2.05, 4.69) is 4.98 Å². The van der Waals surface area contributed by atoms with Crippen molar-refractivity contribution < 1.29 is 9.52 Å². The molecule has 18 heavy (non-hydrogen) atoms. The predicted octanol–water partition coefficient (Wildman–Crippen LogP) is 3.64. The van der Waals surface area contributed by atoms with Crippen molar-refractivity contribution in [3.05, 3.63) is 53.1 Å². The van der Waals surface area contributed by atoms with Gasteiger partial charge in [0.05, 0.1) is 6.61 Å². The van der Waals surface area contributed by atoms with Crippen molar-refractivity contribution in [2.24, 2.45) is 0 Å². The molecule has 1 heterocycles. The molecule has 0 spiro atoms. The third kappa shape index (κ3) is 1.98. The van der Waals surface area contributed by atoms with E-state index in [-0.39, 0.29) is 6.61 Å². The predicted molar refractivity (Wildman–Crippen MR) is 70.4 cm³/mol. The fourth-order valence-corrected chi connectivity index (χ4v) is 2.01. The Morgan fingerprint density at radius 1 is 1.17 bits per heavy atom. The van der Waals surface area contributed by atoms with Gasteiger partial charge in [0.15, 0.2) is 5.58 Å². The fraction of sp³-hybridized carbons (Fsp3) is 0.0714. The minimum atomic E-state index is -0.00466. The summed E-state index contributed by atoms with van der Waals surface area (Å²) in [7, 11) is 0. The van der Waals surface area contributed by atoms with E-state index >= 15 is 0 Å². The average molecular weight is 260 g/mol. The summed E-state index contributed by atoms with van der Waals surface area (Å²) in [5, 5.41) is 9.73. The van der Waals surface area contributed by atoms with Crippen LogP contribution in [0.25, 0.3) is 22.6 Å². The van der Waals surface area contributed by atoms with Crippen molar-refractivity contribution in [1.82, 2.24) is 4.98 Å². The van der Waals surface area contributed by atoms with Crippen LogP contribution in [-0.2, 0) is 6.61 Å². The van der Waals surface area contributed by atoms with E-state index in [1.807, 2.05) is 30.3 Å². The molecule has 2 aromatic carbocycles. The van der Waals surface area contributed by atoms with Crippen LogP contribution in [0.3, 0.4) is 0 Å². The first kappa shape index (κ1) is 11.3. The second-order valence-electron chi connectivity index (χ2n) is 3.99. The molecule has 0 fully saturated rings. The summed E-state index contributed by atoms with van der Waals surface area (Å²) in [4.78, 5) is 4.40. The Morgan fingerprint density at radius 2 is 2.06 bits per heavy atom. The van der Waals surface area contributed by atoms with E-state index < -0.39 is 0 Å². The van der Waals surface area contributed by atoms with Crippen LogP contribution in [-0.4, -0.2) is 10.1 Å². The minimum Gasteiger partial charge on any atom is -0.436 e. The van der Waals surface area contributed by atoms with Gasteiger partial charge in [-0.25, -0.2) is 4.98 Å². The summed E-state index contributed by atoms with van der Waals surface area (Å²) in [6.45, 7) is -0.00466. The third-order valence-corrected chi connectivity index (χ3v) is 2.94. The summed E-state index contributed by atoms with van der Waals surface area (Å²) in [5.74, 6) is 0.530. The summed E-state index contributed by atoms with van der Waals surface area (Å²) < 4.78 is 5.66. The zero-order valence-corrected chi connectivity index (χ0v) is 10.2. The molecule has 0 aliphatic heterocycles. The van der Waals surface area contributed by atoms with Gasteiger partial charge in [-0.05, 0) is 35.9 Å². The van der Waals surface area contributed by atoms with Crippen molar-refractivity contribution in [3.8, 4) is 11.5 Å². The second-order valence-corrected chi connectivity index (χ2v) is 4.43. The van der Waals surface area contributed by atoms with Crippen LogP contribution < -0.4 is 0 Å². The molecule has 3 aromatic rings. The molecule has 3 rings (SSSR count). The molecule has 3 nitrogen and oxygen atoms in total. The number of nitrogens with zero attached hydrogens (tertiary/aromatic N) is 1. The lowest BCUT2D eigenvalue weighted by molar-refractivity contribution is 0.282. The Kier molecular flexibility index (Phi) is 2.78. The normalized spacial score (nSPS) is 11.0. The summed E-state index contributed by atoms with van der Waals surface area (Å²) in [6, 6.07) is 12.8. The lowest BCUT2D eigenvalue weighted by atomic mass is 10.2. The number of aliphatic hydroxyl groups excluding tert-OH is 1. The minimum absolute atomic E-state index is 0.00466. The molecular formula is C14H10ClNO2. The number of hydrogen-bond donors (Lipinski definition) is 1. The van der Waals surface area contributed by atoms with Gasteiger partial charge in [0.25, 0.3) is 0 Å². The number of fused-ring (bicyclic) bond motifs is 1. The summed E-state index contributed by atoms with van der Waals surface area (Å²) in [6.07, 6.45) is 0. The van der Waals surface area contributed by atoms with Gasteiger partial charge in [-0.2, -0.15) is 0 Å². The monoisotopic (exact) mass is 259 g/mol. The maximum Gasteiger partial charge on any atom is 0.227 e. The topological polar surface area (TPSA) is 46.3 Å². The van der Waals surface area contributed by atoms with Crippen LogP contribution >= 0.6 is 11.6 Å². The van der Waals surface area contributed by atoms with Crippen molar-refractivity contribution >= 4 is 22.7 Å². The molecule has 0 radical (unpaired) electrons. The molecule has 90 valence electrons. The standard InChI is InChI=1S/C14H10ClNO2/c15-11-3-1-2-10(7-11)14-16-12-6-9(8-17)4-5-13(12)18-14/h1-7,17H,8H2. The van der Waals surface area contributed by atoms with Crippen molar-refractivity contribution in [1.29, 1.82) is 0 Å². The Balaban J connectivity index is 2.13. The van der Waals surface area contributed by atoms with Gasteiger partial charge >= 0.3 is 0 Å². The average Bonchev–Trinajstić information content (AvgIpc) is 2.81. The molecule has 4 heteroatoms. The SMILES string of the molecule is OCc1ccc2oc(-c3cccc(Cl)c3)nc2c1. The van der Waals surface area contributed by atoms with Crippen LogP contribution in [0.1, 0.15) is 5.56 Å². The number of rotatable bonds is 2. The highest BCUT2D eigenvalue weighted by Gasteiger charge is 2.08. The summed E-state index contributed by atoms with van der Waals surface area (Å²) >= 11 is 5.94. The van der Waals surface area contributed by atoms with Gasteiger partial charge < -0.3 is 9.52 Å². The van der Waals surface area contributed by atoms with Gasteiger partial charge in [-0.3, -0.25) is 0 Å². The third-order valence-electron chi connectivity index (χ3n) is 2.71. The molecular weight excluding hydrogens is 250 g/mol. The molecule has 0 aliphatic rings. The molecule has 0 unspecified atom stereocenters. The van der Waals surface area contributed by atoms with E-state index in [4.69, 9.17) is 21.1 Å². The van der Waals surface area contributed by atoms with E-state index in [9.17, 15) is 0 Å². The first-order valence-electron chi connectivity index (χ1n) is 5.52. The number of benzene rings is 2. The van der Waals surface area contributed by atoms with Gasteiger partial charge in [-0.15, -0.1) is 0 Å². The zero-order valence-electron chi connectivity index (χ0n) is 9.43. The Morgan fingerprint density at radius 3 is 2.83 bits per heavy atom. The quantitative estimate of drug-likeness (QED) is 0.764. The molecule has 0 amide bonds. The number of aromatic nitrogens is 1. The summed E-state index contributed by atoms with van der Waals surface area (Å²) in [5.41, 5.74) is 3.08. The van der Waals surface area contributed by atoms with Crippen molar-refractivity contribution in [3.63, 3.8) is 0 Å². The smallest absolute Gasteiger partial charge is 0.227 e. The first-order valence-corrected chi connectivity index (χ1v) is 5.90. The Labute approximate surface area is 109 Å². The molecule has 0 aliphatic carbocycles. The van der Waals surface area contributed by atoms with E-state index in [1.165, 1.54) is 0 Å². The van der Waals surface area contributed by atoms with Crippen molar-refractivity contribution in [2.75, 3.05) is 0 Å². The van der Waals surface area contributed by atoms with E-state index in [1.54, 1.807) is 12.1 Å². The molecule has 0 saturated carbocycles. The van der Waals surface area contributed by atoms with Gasteiger partial charge in [-0.1, -0.05) is 23.7 Å². The highest BCUT2D eigenvalue weighted by atomic mass is 35.5. The molecule has 0 saturated heterocycles. The first-order chi connectivity index (χ1) is 8.76. The van der Waals surface area contributed by atoms with Crippen molar-refractivity contribution in [2.45, 2.75) is 6.61 Å². The maximum atomic E-state index is 9.08. The number of halogens is 1. The van der Waals surface area contributed by atoms with Gasteiger partial charge in [0, 0.05) is 10.6 Å². The van der Waals surface area contributed by atoms with Crippen LogP contribution in [0.5, 0.6) is 0 Å². The number of hydrogen-bond acceptors (Lipinski definition) is 3.